The van der Waals surface area contributed by atoms with E-state index in [0.29, 0.717) is 23.4 Å². The fourth-order valence-corrected chi connectivity index (χ4v) is 5.05. The number of nitrogens with zero attached hydrogens (tertiary/aromatic N) is 3. The molecule has 1 saturated carbocycles. The average molecular weight is 443 g/mol. The van der Waals surface area contributed by atoms with Gasteiger partial charge in [0, 0.05) is 42.6 Å². The lowest BCUT2D eigenvalue weighted by molar-refractivity contribution is -0.165. The van der Waals surface area contributed by atoms with Gasteiger partial charge < -0.3 is 19.0 Å². The van der Waals surface area contributed by atoms with E-state index in [-0.39, 0.29) is 11.9 Å². The number of oxazole rings is 1. The Hall–Kier alpha value is -3.45. The standard InChI is InChI=1S/C26H26N4O3/c1-16-27-23(13-33-16)18-5-3-17(4-6-18)9-19-10-22(29-24-21(19)7-8-30(24)2)25(31)28-20-11-26(12-20)14-32-15-26/h3-8,10,13,20H,9,11-12,14-15H2,1-2H3,(H,28,31). The first-order valence-electron chi connectivity index (χ1n) is 11.3. The van der Waals surface area contributed by atoms with Crippen molar-refractivity contribution in [1.82, 2.24) is 19.9 Å². The van der Waals surface area contributed by atoms with Crippen LogP contribution in [0.2, 0.25) is 0 Å². The molecular weight excluding hydrogens is 416 g/mol. The zero-order chi connectivity index (χ0) is 22.6. The second-order valence-electron chi connectivity index (χ2n) is 9.53. The van der Waals surface area contributed by atoms with Gasteiger partial charge in [-0.2, -0.15) is 0 Å². The Labute approximate surface area is 191 Å². The van der Waals surface area contributed by atoms with Gasteiger partial charge >= 0.3 is 0 Å². The molecule has 1 spiro atoms. The van der Waals surface area contributed by atoms with Crippen molar-refractivity contribution in [3.05, 3.63) is 71.6 Å². The molecule has 2 aliphatic rings. The molecule has 7 heteroatoms. The number of benzene rings is 1. The molecule has 0 bridgehead atoms. The molecule has 0 radical (unpaired) electrons. The molecule has 1 saturated heterocycles. The van der Waals surface area contributed by atoms with Crippen molar-refractivity contribution < 1.29 is 13.9 Å². The van der Waals surface area contributed by atoms with Crippen LogP contribution in [-0.2, 0) is 18.2 Å². The lowest BCUT2D eigenvalue weighted by atomic mass is 9.64. The van der Waals surface area contributed by atoms with Crippen molar-refractivity contribution in [3.8, 4) is 11.3 Å². The van der Waals surface area contributed by atoms with Crippen LogP contribution in [0.3, 0.4) is 0 Å². The predicted octanol–water partition coefficient (Wildman–Crippen LogP) is 4.04. The fraction of sp³-hybridized carbons (Fsp3) is 0.346. The van der Waals surface area contributed by atoms with Gasteiger partial charge in [-0.1, -0.05) is 24.3 Å². The third kappa shape index (κ3) is 3.62. The molecule has 0 unspecified atom stereocenters. The Balaban J connectivity index is 1.24. The highest BCUT2D eigenvalue weighted by Gasteiger charge is 2.50. The first-order chi connectivity index (χ1) is 16.0. The summed E-state index contributed by atoms with van der Waals surface area (Å²) in [5.74, 6) is 0.553. The summed E-state index contributed by atoms with van der Waals surface area (Å²) >= 11 is 0. The second kappa shape index (κ2) is 7.56. The minimum absolute atomic E-state index is 0.101. The lowest BCUT2D eigenvalue weighted by Gasteiger charge is -2.53. The zero-order valence-corrected chi connectivity index (χ0v) is 18.8. The number of carbonyl (C=O) groups is 1. The van der Waals surface area contributed by atoms with Crippen LogP contribution in [-0.4, -0.2) is 39.7 Å². The minimum atomic E-state index is -0.101. The van der Waals surface area contributed by atoms with Crippen LogP contribution in [0.5, 0.6) is 0 Å². The summed E-state index contributed by atoms with van der Waals surface area (Å²) in [5, 5.41) is 4.24. The van der Waals surface area contributed by atoms with E-state index in [2.05, 4.69) is 45.6 Å². The van der Waals surface area contributed by atoms with Crippen LogP contribution in [0.15, 0.2) is 53.3 Å². The maximum absolute atomic E-state index is 13.0. The van der Waals surface area contributed by atoms with Crippen molar-refractivity contribution in [2.75, 3.05) is 13.2 Å². The van der Waals surface area contributed by atoms with Gasteiger partial charge in [-0.3, -0.25) is 4.79 Å². The predicted molar refractivity (Wildman–Crippen MR) is 124 cm³/mol. The maximum Gasteiger partial charge on any atom is 0.270 e. The van der Waals surface area contributed by atoms with Gasteiger partial charge in [0.25, 0.3) is 5.91 Å². The fourth-order valence-electron chi connectivity index (χ4n) is 5.05. The summed E-state index contributed by atoms with van der Waals surface area (Å²) in [7, 11) is 1.96. The number of carbonyl (C=O) groups excluding carboxylic acids is 1. The number of aryl methyl sites for hydroxylation is 2. The Kier molecular flexibility index (Phi) is 4.62. The number of amides is 1. The summed E-state index contributed by atoms with van der Waals surface area (Å²) in [6.45, 7) is 3.49. The number of rotatable bonds is 5. The van der Waals surface area contributed by atoms with Gasteiger partial charge in [0.05, 0.1) is 13.2 Å². The number of hydrogen-bond acceptors (Lipinski definition) is 5. The quantitative estimate of drug-likeness (QED) is 0.505. The summed E-state index contributed by atoms with van der Waals surface area (Å²) in [6, 6.07) is 12.5. The largest absolute Gasteiger partial charge is 0.449 e. The number of hydrogen-bond donors (Lipinski definition) is 1. The number of fused-ring (bicyclic) bond motifs is 1. The monoisotopic (exact) mass is 442 g/mol. The minimum Gasteiger partial charge on any atom is -0.449 e. The molecule has 1 amide bonds. The first-order valence-corrected chi connectivity index (χ1v) is 11.3. The van der Waals surface area contributed by atoms with Crippen LogP contribution >= 0.6 is 0 Å². The van der Waals surface area contributed by atoms with E-state index in [1.54, 1.807) is 6.26 Å². The van der Waals surface area contributed by atoms with Gasteiger partial charge in [-0.05, 0) is 42.5 Å². The molecule has 1 aromatic carbocycles. The van der Waals surface area contributed by atoms with Crippen LogP contribution in [0.1, 0.15) is 40.3 Å². The Morgan fingerprint density at radius 2 is 1.97 bits per heavy atom. The Morgan fingerprint density at radius 1 is 1.18 bits per heavy atom. The molecule has 1 aliphatic carbocycles. The van der Waals surface area contributed by atoms with Crippen LogP contribution < -0.4 is 5.32 Å². The van der Waals surface area contributed by atoms with E-state index in [4.69, 9.17) is 9.15 Å². The molecule has 4 aromatic rings. The highest BCUT2D eigenvalue weighted by Crippen LogP contribution is 2.46. The molecule has 6 rings (SSSR count). The van der Waals surface area contributed by atoms with E-state index in [0.717, 1.165) is 59.5 Å². The summed E-state index contributed by atoms with van der Waals surface area (Å²) in [4.78, 5) is 22.1. The third-order valence-electron chi connectivity index (χ3n) is 6.93. The average Bonchev–Trinajstić information content (AvgIpc) is 3.35. The molecule has 1 aliphatic heterocycles. The molecule has 4 heterocycles. The molecule has 3 aromatic heterocycles. The topological polar surface area (TPSA) is 82.2 Å². The highest BCUT2D eigenvalue weighted by molar-refractivity contribution is 5.96. The maximum atomic E-state index is 13.0. The molecule has 2 fully saturated rings. The van der Waals surface area contributed by atoms with Crippen molar-refractivity contribution in [3.63, 3.8) is 0 Å². The Morgan fingerprint density at radius 3 is 2.64 bits per heavy atom. The highest BCUT2D eigenvalue weighted by atomic mass is 16.5. The SMILES string of the molecule is Cc1nc(-c2ccc(Cc3cc(C(=O)NC4CC5(COC5)C4)nc4c3ccn4C)cc2)co1. The van der Waals surface area contributed by atoms with Gasteiger partial charge in [-0.25, -0.2) is 9.97 Å². The summed E-state index contributed by atoms with van der Waals surface area (Å²) in [5.41, 5.74) is 5.71. The molecule has 33 heavy (non-hydrogen) atoms. The molecule has 0 atom stereocenters. The van der Waals surface area contributed by atoms with Crippen molar-refractivity contribution in [1.29, 1.82) is 0 Å². The summed E-state index contributed by atoms with van der Waals surface area (Å²) < 4.78 is 12.6. The van der Waals surface area contributed by atoms with Gasteiger partial charge in [0.1, 0.15) is 23.3 Å². The second-order valence-corrected chi connectivity index (χ2v) is 9.53. The van der Waals surface area contributed by atoms with E-state index in [9.17, 15) is 4.79 Å². The van der Waals surface area contributed by atoms with Gasteiger partial charge in [0.15, 0.2) is 5.89 Å². The smallest absolute Gasteiger partial charge is 0.270 e. The lowest BCUT2D eigenvalue weighted by Crippen LogP contribution is -2.59. The van der Waals surface area contributed by atoms with Crippen molar-refractivity contribution >= 4 is 16.9 Å². The number of pyridine rings is 1. The number of ether oxygens (including phenoxy) is 1. The van der Waals surface area contributed by atoms with Crippen LogP contribution in [0.25, 0.3) is 22.3 Å². The first kappa shape index (κ1) is 20.2. The van der Waals surface area contributed by atoms with Crippen molar-refractivity contribution in [2.45, 2.75) is 32.2 Å². The summed E-state index contributed by atoms with van der Waals surface area (Å²) in [6.07, 6.45) is 6.37. The normalized spacial score (nSPS) is 17.2. The van der Waals surface area contributed by atoms with E-state index < -0.39 is 0 Å². The number of aromatic nitrogens is 3. The molecule has 1 N–H and O–H groups in total. The van der Waals surface area contributed by atoms with Gasteiger partial charge in [0.2, 0.25) is 0 Å². The molecule has 7 nitrogen and oxygen atoms in total. The van der Waals surface area contributed by atoms with Crippen LogP contribution in [0, 0.1) is 12.3 Å². The number of nitrogens with one attached hydrogen (secondary N) is 1. The Bertz CT molecular complexity index is 1340. The van der Waals surface area contributed by atoms with E-state index in [1.165, 1.54) is 0 Å². The van der Waals surface area contributed by atoms with Gasteiger partial charge in [-0.15, -0.1) is 0 Å². The third-order valence-corrected chi connectivity index (χ3v) is 6.93. The van der Waals surface area contributed by atoms with Crippen molar-refractivity contribution in [2.24, 2.45) is 12.5 Å². The zero-order valence-electron chi connectivity index (χ0n) is 18.8. The van der Waals surface area contributed by atoms with E-state index >= 15 is 0 Å². The molecule has 168 valence electrons. The van der Waals surface area contributed by atoms with E-state index in [1.807, 2.05) is 30.8 Å². The van der Waals surface area contributed by atoms with Crippen LogP contribution in [0.4, 0.5) is 0 Å². The molecular formula is C26H26N4O3.